The zero-order chi connectivity index (χ0) is 14.5. The summed E-state index contributed by atoms with van der Waals surface area (Å²) in [6.07, 6.45) is 1.62. The first kappa shape index (κ1) is 14.3. The van der Waals surface area contributed by atoms with Crippen LogP contribution in [0.5, 0.6) is 0 Å². The number of amides is 1. The summed E-state index contributed by atoms with van der Waals surface area (Å²) >= 11 is 0. The number of hydrogen-bond donors (Lipinski definition) is 3. The molecule has 1 aliphatic heterocycles. The SMILES string of the molecule is COC(=O)c1ccc(N)c(NC(=O)C2CCNCC2)c1. The molecule has 6 heteroatoms. The third-order valence-corrected chi connectivity index (χ3v) is 3.44. The van der Waals surface area contributed by atoms with Gasteiger partial charge in [0.1, 0.15) is 0 Å². The van der Waals surface area contributed by atoms with E-state index in [-0.39, 0.29) is 11.8 Å². The summed E-state index contributed by atoms with van der Waals surface area (Å²) in [4.78, 5) is 23.6. The number of esters is 1. The van der Waals surface area contributed by atoms with Gasteiger partial charge in [-0.2, -0.15) is 0 Å². The second kappa shape index (κ2) is 6.38. The summed E-state index contributed by atoms with van der Waals surface area (Å²) in [5.74, 6) is -0.528. The van der Waals surface area contributed by atoms with Crippen LogP contribution in [0.4, 0.5) is 11.4 Å². The van der Waals surface area contributed by atoms with Crippen LogP contribution in [0, 0.1) is 5.92 Å². The van der Waals surface area contributed by atoms with E-state index in [0.29, 0.717) is 16.9 Å². The maximum Gasteiger partial charge on any atom is 0.337 e. The van der Waals surface area contributed by atoms with Gasteiger partial charge in [0.15, 0.2) is 0 Å². The number of anilines is 2. The molecule has 0 saturated carbocycles. The van der Waals surface area contributed by atoms with Gasteiger partial charge in [-0.1, -0.05) is 0 Å². The van der Waals surface area contributed by atoms with Crippen LogP contribution in [-0.4, -0.2) is 32.1 Å². The maximum atomic E-state index is 12.2. The Bertz CT molecular complexity index is 510. The predicted octanol–water partition coefficient (Wildman–Crippen LogP) is 0.993. The molecule has 1 aromatic rings. The number of benzene rings is 1. The molecule has 1 heterocycles. The lowest BCUT2D eigenvalue weighted by Crippen LogP contribution is -2.34. The van der Waals surface area contributed by atoms with Crippen molar-refractivity contribution in [1.29, 1.82) is 0 Å². The van der Waals surface area contributed by atoms with E-state index in [1.54, 1.807) is 18.2 Å². The maximum absolute atomic E-state index is 12.2. The normalized spacial score (nSPS) is 15.7. The molecule has 0 unspecified atom stereocenters. The third kappa shape index (κ3) is 3.27. The van der Waals surface area contributed by atoms with Crippen molar-refractivity contribution in [2.24, 2.45) is 5.92 Å². The molecular formula is C14H19N3O3. The molecule has 2 rings (SSSR count). The van der Waals surface area contributed by atoms with Gasteiger partial charge in [-0.15, -0.1) is 0 Å². The Labute approximate surface area is 117 Å². The fourth-order valence-corrected chi connectivity index (χ4v) is 2.23. The summed E-state index contributed by atoms with van der Waals surface area (Å²) in [5.41, 5.74) is 7.08. The van der Waals surface area contributed by atoms with Gasteiger partial charge in [0.25, 0.3) is 0 Å². The first-order valence-corrected chi connectivity index (χ1v) is 6.61. The zero-order valence-corrected chi connectivity index (χ0v) is 11.4. The highest BCUT2D eigenvalue weighted by Gasteiger charge is 2.21. The molecule has 1 fully saturated rings. The number of nitrogens with two attached hydrogens (primary N) is 1. The summed E-state index contributed by atoms with van der Waals surface area (Å²) < 4.78 is 4.65. The largest absolute Gasteiger partial charge is 0.465 e. The monoisotopic (exact) mass is 277 g/mol. The molecule has 6 nitrogen and oxygen atoms in total. The van der Waals surface area contributed by atoms with Crippen LogP contribution in [0.1, 0.15) is 23.2 Å². The predicted molar refractivity (Wildman–Crippen MR) is 76.4 cm³/mol. The third-order valence-electron chi connectivity index (χ3n) is 3.44. The van der Waals surface area contributed by atoms with Gasteiger partial charge >= 0.3 is 5.97 Å². The van der Waals surface area contributed by atoms with Crippen molar-refractivity contribution in [3.05, 3.63) is 23.8 Å². The number of methoxy groups -OCH3 is 1. The van der Waals surface area contributed by atoms with Gasteiger partial charge in [0, 0.05) is 5.92 Å². The molecule has 0 atom stereocenters. The van der Waals surface area contributed by atoms with Crippen molar-refractivity contribution in [2.75, 3.05) is 31.2 Å². The van der Waals surface area contributed by atoms with E-state index >= 15 is 0 Å². The van der Waals surface area contributed by atoms with E-state index in [0.717, 1.165) is 25.9 Å². The van der Waals surface area contributed by atoms with Crippen molar-refractivity contribution in [3.8, 4) is 0 Å². The Balaban J connectivity index is 2.11. The molecule has 20 heavy (non-hydrogen) atoms. The average molecular weight is 277 g/mol. The molecule has 108 valence electrons. The van der Waals surface area contributed by atoms with Crippen LogP contribution in [0.3, 0.4) is 0 Å². The van der Waals surface area contributed by atoms with E-state index in [4.69, 9.17) is 5.73 Å². The minimum absolute atomic E-state index is 0.0163. The summed E-state index contributed by atoms with van der Waals surface area (Å²) in [6.45, 7) is 1.69. The van der Waals surface area contributed by atoms with Crippen molar-refractivity contribution in [2.45, 2.75) is 12.8 Å². The number of nitrogen functional groups attached to an aromatic ring is 1. The molecular weight excluding hydrogens is 258 g/mol. The van der Waals surface area contributed by atoms with Crippen LogP contribution in [-0.2, 0) is 9.53 Å². The van der Waals surface area contributed by atoms with Crippen LogP contribution >= 0.6 is 0 Å². The molecule has 0 bridgehead atoms. The molecule has 1 aromatic carbocycles. The van der Waals surface area contributed by atoms with Crippen LogP contribution in [0.2, 0.25) is 0 Å². The molecule has 1 saturated heterocycles. The highest BCUT2D eigenvalue weighted by Crippen LogP contribution is 2.22. The van der Waals surface area contributed by atoms with Gasteiger partial charge in [-0.3, -0.25) is 4.79 Å². The Morgan fingerprint density at radius 2 is 2.05 bits per heavy atom. The van der Waals surface area contributed by atoms with Gasteiger partial charge < -0.3 is 21.1 Å². The van der Waals surface area contributed by atoms with Crippen molar-refractivity contribution in [3.63, 3.8) is 0 Å². The minimum atomic E-state index is -0.456. The van der Waals surface area contributed by atoms with E-state index in [1.165, 1.54) is 7.11 Å². The Morgan fingerprint density at radius 3 is 2.70 bits per heavy atom. The standard InChI is InChI=1S/C14H19N3O3/c1-20-14(19)10-2-3-11(15)12(8-10)17-13(18)9-4-6-16-7-5-9/h2-3,8-9,16H,4-7,15H2,1H3,(H,17,18). The Kier molecular flexibility index (Phi) is 4.57. The van der Waals surface area contributed by atoms with Crippen molar-refractivity contribution >= 4 is 23.3 Å². The van der Waals surface area contributed by atoms with Crippen LogP contribution in [0.15, 0.2) is 18.2 Å². The number of carbonyl (C=O) groups excluding carboxylic acids is 2. The molecule has 0 aromatic heterocycles. The summed E-state index contributed by atoms with van der Waals surface area (Å²) in [5, 5.41) is 6.01. The highest BCUT2D eigenvalue weighted by atomic mass is 16.5. The van der Waals surface area contributed by atoms with Gasteiger partial charge in [-0.05, 0) is 44.1 Å². The number of rotatable bonds is 3. The molecule has 0 radical (unpaired) electrons. The number of carbonyl (C=O) groups is 2. The summed E-state index contributed by atoms with van der Waals surface area (Å²) in [6, 6.07) is 4.70. The van der Waals surface area contributed by atoms with Crippen LogP contribution in [0.25, 0.3) is 0 Å². The smallest absolute Gasteiger partial charge is 0.337 e. The van der Waals surface area contributed by atoms with Crippen LogP contribution < -0.4 is 16.4 Å². The fourth-order valence-electron chi connectivity index (χ4n) is 2.23. The topological polar surface area (TPSA) is 93.4 Å². The van der Waals surface area contributed by atoms with E-state index < -0.39 is 5.97 Å². The Hall–Kier alpha value is -2.08. The van der Waals surface area contributed by atoms with E-state index in [1.807, 2.05) is 0 Å². The summed E-state index contributed by atoms with van der Waals surface area (Å²) in [7, 11) is 1.31. The molecule has 1 aliphatic rings. The zero-order valence-electron chi connectivity index (χ0n) is 11.4. The number of piperidine rings is 1. The van der Waals surface area contributed by atoms with E-state index in [2.05, 4.69) is 15.4 Å². The highest BCUT2D eigenvalue weighted by molar-refractivity contribution is 5.98. The molecule has 0 spiro atoms. The second-order valence-electron chi connectivity index (χ2n) is 4.81. The van der Waals surface area contributed by atoms with Gasteiger partial charge in [-0.25, -0.2) is 4.79 Å². The molecule has 4 N–H and O–H groups in total. The first-order chi connectivity index (χ1) is 9.61. The molecule has 1 amide bonds. The lowest BCUT2D eigenvalue weighted by molar-refractivity contribution is -0.120. The average Bonchev–Trinajstić information content (AvgIpc) is 2.49. The minimum Gasteiger partial charge on any atom is -0.465 e. The number of nitrogens with one attached hydrogen (secondary N) is 2. The quantitative estimate of drug-likeness (QED) is 0.566. The van der Waals surface area contributed by atoms with Gasteiger partial charge in [0.2, 0.25) is 5.91 Å². The number of ether oxygens (including phenoxy) is 1. The lowest BCUT2D eigenvalue weighted by atomic mass is 9.97. The van der Waals surface area contributed by atoms with Crippen molar-refractivity contribution < 1.29 is 14.3 Å². The first-order valence-electron chi connectivity index (χ1n) is 6.61. The lowest BCUT2D eigenvalue weighted by Gasteiger charge is -2.22. The van der Waals surface area contributed by atoms with Crippen molar-refractivity contribution in [1.82, 2.24) is 5.32 Å². The molecule has 0 aliphatic carbocycles. The Morgan fingerprint density at radius 1 is 1.35 bits per heavy atom. The fraction of sp³-hybridized carbons (Fsp3) is 0.429. The van der Waals surface area contributed by atoms with E-state index in [9.17, 15) is 9.59 Å². The van der Waals surface area contributed by atoms with Gasteiger partial charge in [0.05, 0.1) is 24.0 Å². The second-order valence-corrected chi connectivity index (χ2v) is 4.81. The number of hydrogen-bond acceptors (Lipinski definition) is 5.